The van der Waals surface area contributed by atoms with E-state index in [0.717, 1.165) is 11.1 Å². The number of benzene rings is 1. The van der Waals surface area contributed by atoms with Crippen LogP contribution in [0, 0.1) is 5.82 Å². The number of nitrogens with one attached hydrogen (secondary N) is 1. The molecule has 1 saturated heterocycles. The summed E-state index contributed by atoms with van der Waals surface area (Å²) in [4.78, 5) is 16.3. The Morgan fingerprint density at radius 2 is 2.08 bits per heavy atom. The lowest BCUT2D eigenvalue weighted by atomic mass is 10.0. The van der Waals surface area contributed by atoms with Gasteiger partial charge in [0.2, 0.25) is 0 Å². The molecule has 0 radical (unpaired) electrons. The summed E-state index contributed by atoms with van der Waals surface area (Å²) >= 11 is 0. The van der Waals surface area contributed by atoms with Crippen molar-refractivity contribution in [2.75, 3.05) is 11.5 Å². The molecule has 1 aliphatic rings. The van der Waals surface area contributed by atoms with Crippen LogP contribution in [0.15, 0.2) is 42.7 Å². The van der Waals surface area contributed by atoms with Gasteiger partial charge in [-0.05, 0) is 42.2 Å². The van der Waals surface area contributed by atoms with Crippen LogP contribution in [0.4, 0.5) is 4.39 Å². The third-order valence-corrected chi connectivity index (χ3v) is 5.69. The average molecular weight is 348 g/mol. The Morgan fingerprint density at radius 1 is 1.25 bits per heavy atom. The van der Waals surface area contributed by atoms with Gasteiger partial charge in [-0.2, -0.15) is 0 Å². The van der Waals surface area contributed by atoms with Gasteiger partial charge in [0.25, 0.3) is 5.91 Å². The van der Waals surface area contributed by atoms with Gasteiger partial charge in [0.1, 0.15) is 5.82 Å². The molecule has 126 valence electrons. The molecule has 0 saturated carbocycles. The molecule has 0 spiro atoms. The van der Waals surface area contributed by atoms with Crippen LogP contribution in [0.2, 0.25) is 0 Å². The summed E-state index contributed by atoms with van der Waals surface area (Å²) in [6.07, 6.45) is 3.96. The van der Waals surface area contributed by atoms with E-state index < -0.39 is 9.84 Å². The zero-order valence-corrected chi connectivity index (χ0v) is 13.7. The summed E-state index contributed by atoms with van der Waals surface area (Å²) < 4.78 is 36.1. The van der Waals surface area contributed by atoms with Gasteiger partial charge in [-0.15, -0.1) is 0 Å². The van der Waals surface area contributed by atoms with Crippen molar-refractivity contribution in [3.8, 4) is 0 Å². The van der Waals surface area contributed by atoms with Crippen molar-refractivity contribution in [2.24, 2.45) is 0 Å². The highest BCUT2D eigenvalue weighted by atomic mass is 32.2. The van der Waals surface area contributed by atoms with Crippen molar-refractivity contribution in [1.29, 1.82) is 0 Å². The molecule has 1 N–H and O–H groups in total. The standard InChI is InChI=1S/C17H17FN2O3S/c18-15-3-1-2-12(8-15)6-13-7-14(10-19-9-13)17(21)20-16-4-5-24(22,23)11-16/h1-3,7-10,16H,4-6,11H2,(H,20,21). The van der Waals surface area contributed by atoms with Crippen LogP contribution in [0.25, 0.3) is 0 Å². The smallest absolute Gasteiger partial charge is 0.253 e. The molecule has 2 aromatic rings. The largest absolute Gasteiger partial charge is 0.348 e. The van der Waals surface area contributed by atoms with E-state index in [2.05, 4.69) is 10.3 Å². The van der Waals surface area contributed by atoms with Crippen LogP contribution in [0.5, 0.6) is 0 Å². The Labute approximate surface area is 139 Å². The molecule has 1 aromatic carbocycles. The summed E-state index contributed by atoms with van der Waals surface area (Å²) in [5.41, 5.74) is 1.94. The maximum Gasteiger partial charge on any atom is 0.253 e. The third-order valence-electron chi connectivity index (χ3n) is 3.92. The molecule has 7 heteroatoms. The molecule has 1 aromatic heterocycles. The predicted octanol–water partition coefficient (Wildman–Crippen LogP) is 1.73. The molecule has 0 aliphatic carbocycles. The van der Waals surface area contributed by atoms with Gasteiger partial charge in [0.05, 0.1) is 17.1 Å². The van der Waals surface area contributed by atoms with Crippen LogP contribution in [-0.2, 0) is 16.3 Å². The Bertz CT molecular complexity index is 868. The predicted molar refractivity (Wildman–Crippen MR) is 88.0 cm³/mol. The number of carbonyl (C=O) groups is 1. The van der Waals surface area contributed by atoms with Crippen LogP contribution in [0.1, 0.15) is 27.9 Å². The van der Waals surface area contributed by atoms with E-state index in [9.17, 15) is 17.6 Å². The number of amides is 1. The van der Waals surface area contributed by atoms with Gasteiger partial charge in [-0.3, -0.25) is 9.78 Å². The van der Waals surface area contributed by atoms with Gasteiger partial charge in [0.15, 0.2) is 9.84 Å². The zero-order chi connectivity index (χ0) is 17.2. The summed E-state index contributed by atoms with van der Waals surface area (Å²) in [5.74, 6) is -0.562. The number of rotatable bonds is 4. The highest BCUT2D eigenvalue weighted by molar-refractivity contribution is 7.91. The van der Waals surface area contributed by atoms with Gasteiger partial charge in [-0.25, -0.2) is 12.8 Å². The maximum absolute atomic E-state index is 13.2. The lowest BCUT2D eigenvalue weighted by Gasteiger charge is -2.11. The fourth-order valence-corrected chi connectivity index (χ4v) is 4.44. The minimum atomic E-state index is -3.04. The normalized spacial score (nSPS) is 19.1. The van der Waals surface area contributed by atoms with E-state index in [1.807, 2.05) is 0 Å². The highest BCUT2D eigenvalue weighted by Crippen LogP contribution is 2.14. The second kappa shape index (κ2) is 6.68. The molecule has 1 atom stereocenters. The van der Waals surface area contributed by atoms with Crippen molar-refractivity contribution in [1.82, 2.24) is 10.3 Å². The minimum absolute atomic E-state index is 0.0187. The molecule has 5 nitrogen and oxygen atoms in total. The van der Waals surface area contributed by atoms with Crippen LogP contribution < -0.4 is 5.32 Å². The zero-order valence-electron chi connectivity index (χ0n) is 12.9. The number of hydrogen-bond donors (Lipinski definition) is 1. The van der Waals surface area contributed by atoms with Crippen molar-refractivity contribution in [2.45, 2.75) is 18.9 Å². The highest BCUT2D eigenvalue weighted by Gasteiger charge is 2.29. The van der Waals surface area contributed by atoms with Crippen molar-refractivity contribution in [3.05, 3.63) is 65.2 Å². The summed E-state index contributed by atoms with van der Waals surface area (Å²) in [7, 11) is -3.04. The van der Waals surface area contributed by atoms with Crippen LogP contribution in [-0.4, -0.2) is 36.9 Å². The average Bonchev–Trinajstić information content (AvgIpc) is 2.86. The Kier molecular flexibility index (Phi) is 4.62. The SMILES string of the molecule is O=C(NC1CCS(=O)(=O)C1)c1cncc(Cc2cccc(F)c2)c1. The summed E-state index contributed by atoms with van der Waals surface area (Å²) in [6.45, 7) is 0. The lowest BCUT2D eigenvalue weighted by molar-refractivity contribution is 0.0940. The van der Waals surface area contributed by atoms with Gasteiger partial charge in [0, 0.05) is 18.4 Å². The summed E-state index contributed by atoms with van der Waals surface area (Å²) in [6, 6.07) is 7.59. The number of nitrogens with zero attached hydrogens (tertiary/aromatic N) is 1. The van der Waals surface area contributed by atoms with Crippen molar-refractivity contribution >= 4 is 15.7 Å². The number of halogens is 1. The van der Waals surface area contributed by atoms with E-state index in [0.29, 0.717) is 18.4 Å². The number of aromatic nitrogens is 1. The van der Waals surface area contributed by atoms with E-state index >= 15 is 0 Å². The second-order valence-corrected chi connectivity index (χ2v) is 8.19. The molecular weight excluding hydrogens is 331 g/mol. The van der Waals surface area contributed by atoms with E-state index in [-0.39, 0.29) is 29.3 Å². The quantitative estimate of drug-likeness (QED) is 0.913. The van der Waals surface area contributed by atoms with Gasteiger partial charge < -0.3 is 5.32 Å². The number of carbonyl (C=O) groups excluding carboxylic acids is 1. The molecule has 3 rings (SSSR count). The van der Waals surface area contributed by atoms with E-state index in [1.54, 1.807) is 24.4 Å². The fraction of sp³-hybridized carbons (Fsp3) is 0.294. The monoisotopic (exact) mass is 348 g/mol. The fourth-order valence-electron chi connectivity index (χ4n) is 2.77. The molecule has 1 unspecified atom stereocenters. The first-order valence-corrected chi connectivity index (χ1v) is 9.43. The van der Waals surface area contributed by atoms with E-state index in [4.69, 9.17) is 0 Å². The maximum atomic E-state index is 13.2. The third kappa shape index (κ3) is 4.17. The Balaban J connectivity index is 1.69. The Hall–Kier alpha value is -2.28. The first-order valence-electron chi connectivity index (χ1n) is 7.61. The van der Waals surface area contributed by atoms with Crippen molar-refractivity contribution < 1.29 is 17.6 Å². The van der Waals surface area contributed by atoms with E-state index in [1.165, 1.54) is 18.3 Å². The number of pyridine rings is 1. The molecule has 1 fully saturated rings. The molecular formula is C17H17FN2O3S. The van der Waals surface area contributed by atoms with Crippen LogP contribution >= 0.6 is 0 Å². The Morgan fingerprint density at radius 3 is 2.79 bits per heavy atom. The van der Waals surface area contributed by atoms with Gasteiger partial charge in [-0.1, -0.05) is 12.1 Å². The van der Waals surface area contributed by atoms with Gasteiger partial charge >= 0.3 is 0 Å². The second-order valence-electron chi connectivity index (χ2n) is 5.96. The topological polar surface area (TPSA) is 76.1 Å². The van der Waals surface area contributed by atoms with Crippen LogP contribution in [0.3, 0.4) is 0 Å². The first-order chi connectivity index (χ1) is 11.4. The molecule has 1 aliphatic heterocycles. The number of hydrogen-bond acceptors (Lipinski definition) is 4. The molecule has 2 heterocycles. The summed E-state index contributed by atoms with van der Waals surface area (Å²) in [5, 5.41) is 2.73. The lowest BCUT2D eigenvalue weighted by Crippen LogP contribution is -2.35. The minimum Gasteiger partial charge on any atom is -0.348 e. The molecule has 1 amide bonds. The first kappa shape index (κ1) is 16.6. The molecule has 24 heavy (non-hydrogen) atoms. The van der Waals surface area contributed by atoms with Crippen molar-refractivity contribution in [3.63, 3.8) is 0 Å². The number of sulfone groups is 1. The molecule has 0 bridgehead atoms.